The normalized spacial score (nSPS) is 17.2. The van der Waals surface area contributed by atoms with Gasteiger partial charge in [-0.1, -0.05) is 610 Å². The molecule has 0 aromatic rings. The fourth-order valence-electron chi connectivity index (χ4n) is 22.2. The van der Waals surface area contributed by atoms with Gasteiger partial charge in [0.1, 0.15) is 0 Å². The summed E-state index contributed by atoms with van der Waals surface area (Å²) in [6.45, 7) is 22.3. The topological polar surface area (TPSA) is 231 Å². The molecule has 5 aliphatic rings. The average Bonchev–Trinajstić information content (AvgIpc) is 1.71. The predicted molar refractivity (Wildman–Crippen MR) is 628 cm³/mol. The van der Waals surface area contributed by atoms with Gasteiger partial charge in [0.25, 0.3) is 0 Å². The van der Waals surface area contributed by atoms with Crippen molar-refractivity contribution in [1.29, 1.82) is 0 Å². The van der Waals surface area contributed by atoms with Gasteiger partial charge in [0.05, 0.1) is 23.7 Å². The van der Waals surface area contributed by atoms with Crippen molar-refractivity contribution in [3.63, 3.8) is 0 Å². The summed E-state index contributed by atoms with van der Waals surface area (Å²) in [6, 6.07) is 0. The molecule has 0 aromatic heterocycles. The molecule has 0 radical (unpaired) electrons. The zero-order valence-electron chi connectivity index (χ0n) is 98.7. The smallest absolute Gasteiger partial charge is 0.234 e. The Morgan fingerprint density at radius 3 is 0.503 bits per heavy atom. The molecule has 147 heavy (non-hydrogen) atoms. The van der Waals surface area contributed by atoms with E-state index in [1.54, 1.807) is 0 Å². The third-order valence-electron chi connectivity index (χ3n) is 32.0. The quantitative estimate of drug-likeness (QED) is 0.0220. The molecule has 15 heteroatoms. The molecule has 5 N–H and O–H groups in total. The van der Waals surface area contributed by atoms with Gasteiger partial charge in [0, 0.05) is 38.0 Å². The second-order valence-electron chi connectivity index (χ2n) is 46.0. The lowest BCUT2D eigenvalue weighted by Gasteiger charge is -2.15. The minimum absolute atomic E-state index is 0.0542. The van der Waals surface area contributed by atoms with Gasteiger partial charge in [-0.05, 0) is 109 Å². The van der Waals surface area contributed by atoms with Crippen molar-refractivity contribution in [1.82, 2.24) is 26.6 Å². The first-order chi connectivity index (χ1) is 71.9. The Labute approximate surface area is 908 Å². The standard InChI is InChI=1S/C38H71NO2.C32H59NO2.C22H39NO2.C20H37NO2.C20H35NO2/c1-3-5-7-9-11-13-15-17-18-19-20-21-23-25-27-29-31-33-35(36-34-37(40)39-38(36)41)32-30-28-26-24-22-16-14-12-10-8-6-4-2;1-3-5-7-9-11-13-15-17-19-21-23-25-27-29(30-28-31(34)33-32(30)35)26-24-22-20-18-16-14-12-10-8-6-4-2;1-3-5-7-8-9-10-11-12-13-15-17-19(16-14-6-4-2)20-18-21(24)23-22(20)25;1-3-4-5-6-7-8-9-10-11-12-13-14-15-17(2)18-16-19(22)21-20(18)23;1-3-5-6-7-8-9-10-11-12-13-15-17(14-4-2)18-16-19(22)21-20(18)23/h33,36H,3-32,34H2,1-2H3,(H,39,40,41);27,30H,3-26,28H2,1-2H3,(H,33,34,35);17,20H,3-16,18H2,1-2H3,(H,23,24,25);17-18H,3-16H2,1-2H3,(H,21,22,23);15,18H,3-14,16H2,1-2H3,(H,21,22,23). The lowest BCUT2D eigenvalue weighted by molar-refractivity contribution is -0.127. The largest absolute Gasteiger partial charge is 0.296 e. The molecule has 5 heterocycles. The summed E-state index contributed by atoms with van der Waals surface area (Å²) in [4.78, 5) is 118. The molecule has 6 unspecified atom stereocenters. The maximum absolute atomic E-state index is 12.4. The number of amides is 10. The van der Waals surface area contributed by atoms with Gasteiger partial charge >= 0.3 is 0 Å². The first-order valence-electron chi connectivity index (χ1n) is 64.8. The molecule has 5 rings (SSSR count). The molecule has 5 saturated heterocycles. The molecule has 5 fully saturated rings. The van der Waals surface area contributed by atoms with E-state index in [2.05, 4.69) is 120 Å². The van der Waals surface area contributed by atoms with Crippen molar-refractivity contribution >= 4 is 59.1 Å². The third-order valence-corrected chi connectivity index (χ3v) is 32.0. The van der Waals surface area contributed by atoms with Crippen LogP contribution in [0, 0.1) is 35.5 Å². The zero-order chi connectivity index (χ0) is 107. The molecule has 6 atom stereocenters. The Kier molecular flexibility index (Phi) is 99.7. The Balaban J connectivity index is 0.000000937. The first kappa shape index (κ1) is 140. The lowest BCUT2D eigenvalue weighted by atomic mass is 9.88. The minimum atomic E-state index is -0.198. The number of unbranched alkanes of at least 4 members (excludes halogenated alkanes) is 79. The number of carbonyl (C=O) groups excluding carboxylic acids is 10. The van der Waals surface area contributed by atoms with Crippen LogP contribution in [0.4, 0.5) is 0 Å². The highest BCUT2D eigenvalue weighted by atomic mass is 16.2. The van der Waals surface area contributed by atoms with Gasteiger partial charge in [-0.25, -0.2) is 0 Å². The van der Waals surface area contributed by atoms with Crippen molar-refractivity contribution < 1.29 is 47.9 Å². The van der Waals surface area contributed by atoms with Crippen LogP contribution in [0.2, 0.25) is 0 Å². The van der Waals surface area contributed by atoms with Gasteiger partial charge in [0.15, 0.2) is 0 Å². The summed E-state index contributed by atoms with van der Waals surface area (Å²) in [7, 11) is 0. The highest BCUT2D eigenvalue weighted by Gasteiger charge is 2.38. The Bertz CT molecular complexity index is 3310. The zero-order valence-corrected chi connectivity index (χ0v) is 98.7. The summed E-state index contributed by atoms with van der Waals surface area (Å²) < 4.78 is 0. The van der Waals surface area contributed by atoms with Crippen molar-refractivity contribution in [2.24, 2.45) is 35.5 Å². The van der Waals surface area contributed by atoms with E-state index >= 15 is 0 Å². The Hall–Kier alpha value is -5.34. The third kappa shape index (κ3) is 82.9. The van der Waals surface area contributed by atoms with Crippen molar-refractivity contribution in [2.75, 3.05) is 0 Å². The second kappa shape index (κ2) is 105. The van der Waals surface area contributed by atoms with Gasteiger partial charge < -0.3 is 0 Å². The molecule has 0 bridgehead atoms. The van der Waals surface area contributed by atoms with Gasteiger partial charge in [-0.3, -0.25) is 74.5 Å². The van der Waals surface area contributed by atoms with Crippen LogP contribution in [-0.4, -0.2) is 59.1 Å². The maximum Gasteiger partial charge on any atom is 0.234 e. The summed E-state index contributed by atoms with van der Waals surface area (Å²) in [5.41, 5.74) is 4.85. The summed E-state index contributed by atoms with van der Waals surface area (Å²) >= 11 is 0. The number of nitrogens with one attached hydrogen (secondary N) is 5. The molecule has 10 amide bonds. The molecule has 0 saturated carbocycles. The fourth-order valence-corrected chi connectivity index (χ4v) is 22.2. The summed E-state index contributed by atoms with van der Waals surface area (Å²) in [5.74, 6) is -1.40. The van der Waals surface area contributed by atoms with E-state index in [9.17, 15) is 47.9 Å². The molecule has 854 valence electrons. The molecular formula is C132H241N5O10. The highest BCUT2D eigenvalue weighted by molar-refractivity contribution is 6.07. The average molecular weight is 2060 g/mol. The van der Waals surface area contributed by atoms with Crippen LogP contribution < -0.4 is 26.6 Å². The number of hydrogen-bond donors (Lipinski definition) is 5. The van der Waals surface area contributed by atoms with Crippen LogP contribution in [-0.2, 0) is 47.9 Å². The van der Waals surface area contributed by atoms with E-state index in [0.29, 0.717) is 38.0 Å². The fraction of sp³-hybridized carbons (Fsp3) is 0.864. The van der Waals surface area contributed by atoms with Gasteiger partial charge in [-0.15, -0.1) is 0 Å². The number of carbonyl (C=O) groups is 10. The number of allylic oxidation sites excluding steroid dienone is 4. The molecular weight excluding hydrogens is 1820 g/mol. The Morgan fingerprint density at radius 2 is 0.333 bits per heavy atom. The van der Waals surface area contributed by atoms with Crippen molar-refractivity contribution in [2.45, 2.75) is 698 Å². The Morgan fingerprint density at radius 1 is 0.184 bits per heavy atom. The van der Waals surface area contributed by atoms with Crippen LogP contribution in [0.3, 0.4) is 0 Å². The van der Waals surface area contributed by atoms with E-state index < -0.39 is 0 Å². The maximum atomic E-state index is 12.4. The highest BCUT2D eigenvalue weighted by Crippen LogP contribution is 2.34. The number of hydrogen-bond acceptors (Lipinski definition) is 10. The molecule has 0 aliphatic carbocycles. The van der Waals surface area contributed by atoms with Gasteiger partial charge in [0.2, 0.25) is 59.1 Å². The molecule has 0 spiro atoms. The van der Waals surface area contributed by atoms with Crippen molar-refractivity contribution in [3.8, 4) is 0 Å². The van der Waals surface area contributed by atoms with Crippen LogP contribution in [0.15, 0.2) is 46.6 Å². The van der Waals surface area contributed by atoms with E-state index in [-0.39, 0.29) is 88.7 Å². The lowest BCUT2D eigenvalue weighted by Crippen LogP contribution is -2.25. The first-order valence-corrected chi connectivity index (χ1v) is 64.8. The molecule has 5 aliphatic heterocycles. The predicted octanol–water partition coefficient (Wildman–Crippen LogP) is 39.0. The van der Waals surface area contributed by atoms with E-state index in [1.165, 1.54) is 536 Å². The SMILES string of the molecule is CCCCCCCCCCCC=C(CCC)C1CC(=O)NC1=O.CCCCCCCCCCCC=C(CCCCC)C1CC(=O)NC1=O.CCCCCCCCCCCCCC=C(CCCCCCCCCCCCC)C1CC(=O)NC1=O.CCCCCCCCCCCCCCC(C)C1CC(=O)NC1=O.CCCCCCCCCCCCCCCCCCC=C(CCCCCCCCCCCCCC)C1CC(=O)NC1=O. The van der Waals surface area contributed by atoms with E-state index in [0.717, 1.165) is 83.5 Å². The van der Waals surface area contributed by atoms with Crippen LogP contribution in [0.25, 0.3) is 0 Å². The number of rotatable bonds is 98. The monoisotopic (exact) mass is 2060 g/mol. The minimum Gasteiger partial charge on any atom is -0.296 e. The molecule has 0 aromatic carbocycles. The summed E-state index contributed by atoms with van der Waals surface area (Å²) in [6.07, 6.45) is 133. The van der Waals surface area contributed by atoms with Crippen LogP contribution in [0.1, 0.15) is 698 Å². The molecule has 15 nitrogen and oxygen atoms in total. The van der Waals surface area contributed by atoms with Crippen molar-refractivity contribution in [3.05, 3.63) is 46.6 Å². The second-order valence-corrected chi connectivity index (χ2v) is 46.0. The van der Waals surface area contributed by atoms with Crippen LogP contribution in [0.5, 0.6) is 0 Å². The van der Waals surface area contributed by atoms with Crippen LogP contribution >= 0.6 is 0 Å². The van der Waals surface area contributed by atoms with E-state index in [4.69, 9.17) is 0 Å². The summed E-state index contributed by atoms with van der Waals surface area (Å²) in [5, 5.41) is 12.4. The number of imide groups is 5. The van der Waals surface area contributed by atoms with Gasteiger partial charge in [-0.2, -0.15) is 0 Å². The van der Waals surface area contributed by atoms with E-state index in [1.807, 2.05) is 0 Å².